The van der Waals surface area contributed by atoms with Crippen LogP contribution in [0.15, 0.2) is 54.6 Å². The largest absolute Gasteiger partial charge is 0.484 e. The fourth-order valence-electron chi connectivity index (χ4n) is 1.87. The van der Waals surface area contributed by atoms with Crippen molar-refractivity contribution in [3.63, 3.8) is 0 Å². The first-order valence-electron chi connectivity index (χ1n) is 7.21. The van der Waals surface area contributed by atoms with Gasteiger partial charge in [0.1, 0.15) is 5.75 Å². The van der Waals surface area contributed by atoms with E-state index in [0.717, 1.165) is 5.56 Å². The van der Waals surface area contributed by atoms with Crippen LogP contribution in [0.1, 0.15) is 28.8 Å². The molecule has 0 aliphatic carbocycles. The van der Waals surface area contributed by atoms with Gasteiger partial charge in [-0.1, -0.05) is 54.3 Å². The van der Waals surface area contributed by atoms with Gasteiger partial charge in [0.15, 0.2) is 12.4 Å². The molecule has 0 saturated carbocycles. The van der Waals surface area contributed by atoms with E-state index in [1.54, 1.807) is 18.2 Å². The van der Waals surface area contributed by atoms with Crippen LogP contribution in [0.3, 0.4) is 0 Å². The molecule has 112 valence electrons. The first-order valence-corrected chi connectivity index (χ1v) is 7.21. The summed E-state index contributed by atoms with van der Waals surface area (Å²) in [5.74, 6) is 6.54. The molecule has 0 radical (unpaired) electrons. The maximum absolute atomic E-state index is 12.0. The predicted octanol–water partition coefficient (Wildman–Crippen LogP) is 3.07. The molecule has 22 heavy (non-hydrogen) atoms. The molecule has 0 aliphatic heterocycles. The quantitative estimate of drug-likeness (QED) is 0.506. The number of para-hydroxylation sites is 1. The van der Waals surface area contributed by atoms with E-state index in [1.165, 1.54) is 0 Å². The van der Waals surface area contributed by atoms with Crippen molar-refractivity contribution in [2.75, 3.05) is 13.2 Å². The molecule has 3 nitrogen and oxygen atoms in total. The zero-order chi connectivity index (χ0) is 15.6. The van der Waals surface area contributed by atoms with Crippen LogP contribution in [0.5, 0.6) is 5.75 Å². The molecule has 3 heteroatoms. The van der Waals surface area contributed by atoms with Crippen molar-refractivity contribution < 1.29 is 14.6 Å². The number of benzene rings is 2. The van der Waals surface area contributed by atoms with Crippen LogP contribution >= 0.6 is 0 Å². The summed E-state index contributed by atoms with van der Waals surface area (Å²) >= 11 is 0. The number of aliphatic hydroxyl groups is 1. The van der Waals surface area contributed by atoms with Crippen molar-refractivity contribution in [2.24, 2.45) is 0 Å². The maximum Gasteiger partial charge on any atom is 0.200 e. The minimum absolute atomic E-state index is 0.0145. The minimum Gasteiger partial charge on any atom is -0.484 e. The van der Waals surface area contributed by atoms with Crippen molar-refractivity contribution in [1.29, 1.82) is 0 Å². The molecular formula is C19H18O3. The van der Waals surface area contributed by atoms with Gasteiger partial charge in [-0.25, -0.2) is 0 Å². The highest BCUT2D eigenvalue weighted by Gasteiger charge is 2.07. The van der Waals surface area contributed by atoms with Crippen LogP contribution in [-0.2, 0) is 0 Å². The average Bonchev–Trinajstić information content (AvgIpc) is 2.58. The topological polar surface area (TPSA) is 46.5 Å². The SMILES string of the molecule is O=C(COc1ccccc1C#CCCCO)c1ccccc1. The van der Waals surface area contributed by atoms with E-state index in [1.807, 2.05) is 36.4 Å². The van der Waals surface area contributed by atoms with Gasteiger partial charge in [0, 0.05) is 18.6 Å². The number of unbranched alkanes of at least 4 members (excludes halogenated alkanes) is 1. The molecule has 0 unspecified atom stereocenters. The average molecular weight is 294 g/mol. The van der Waals surface area contributed by atoms with Crippen molar-refractivity contribution in [2.45, 2.75) is 12.8 Å². The smallest absolute Gasteiger partial charge is 0.200 e. The van der Waals surface area contributed by atoms with E-state index in [9.17, 15) is 4.79 Å². The van der Waals surface area contributed by atoms with Crippen LogP contribution in [0.4, 0.5) is 0 Å². The summed E-state index contributed by atoms with van der Waals surface area (Å²) in [6.07, 6.45) is 1.29. The van der Waals surface area contributed by atoms with E-state index in [2.05, 4.69) is 11.8 Å². The summed E-state index contributed by atoms with van der Waals surface area (Å²) in [6, 6.07) is 16.4. The fourth-order valence-corrected chi connectivity index (χ4v) is 1.87. The Bertz CT molecular complexity index is 666. The first kappa shape index (κ1) is 15.8. The van der Waals surface area contributed by atoms with Crippen molar-refractivity contribution in [1.82, 2.24) is 0 Å². The minimum atomic E-state index is -0.0661. The van der Waals surface area contributed by atoms with Gasteiger partial charge < -0.3 is 9.84 Å². The first-order chi connectivity index (χ1) is 10.8. The second-order valence-corrected chi connectivity index (χ2v) is 4.70. The molecule has 2 aromatic carbocycles. The Hall–Kier alpha value is -2.57. The summed E-state index contributed by atoms with van der Waals surface area (Å²) < 4.78 is 5.61. The molecule has 0 fully saturated rings. The van der Waals surface area contributed by atoms with Gasteiger partial charge in [-0.3, -0.25) is 4.79 Å². The highest BCUT2D eigenvalue weighted by Crippen LogP contribution is 2.17. The summed E-state index contributed by atoms with van der Waals surface area (Å²) in [5.41, 5.74) is 1.38. The third kappa shape index (κ3) is 4.76. The summed E-state index contributed by atoms with van der Waals surface area (Å²) in [7, 11) is 0. The zero-order valence-electron chi connectivity index (χ0n) is 12.3. The number of ketones is 1. The van der Waals surface area contributed by atoms with Crippen molar-refractivity contribution in [3.8, 4) is 17.6 Å². The van der Waals surface area contributed by atoms with Gasteiger partial charge >= 0.3 is 0 Å². The van der Waals surface area contributed by atoms with Crippen LogP contribution < -0.4 is 4.74 Å². The van der Waals surface area contributed by atoms with E-state index >= 15 is 0 Å². The maximum atomic E-state index is 12.0. The fraction of sp³-hybridized carbons (Fsp3) is 0.211. The number of carbonyl (C=O) groups excluding carboxylic acids is 1. The summed E-state index contributed by atoms with van der Waals surface area (Å²) in [4.78, 5) is 12.0. The second kappa shape index (κ2) is 8.66. The highest BCUT2D eigenvalue weighted by atomic mass is 16.5. The third-order valence-corrected chi connectivity index (χ3v) is 3.02. The molecular weight excluding hydrogens is 276 g/mol. The molecule has 0 amide bonds. The number of carbonyl (C=O) groups is 1. The number of Topliss-reactive ketones (excluding diaryl/α,β-unsaturated/α-hetero) is 1. The Labute approximate surface area is 130 Å². The van der Waals surface area contributed by atoms with E-state index < -0.39 is 0 Å². The molecule has 0 atom stereocenters. The lowest BCUT2D eigenvalue weighted by Crippen LogP contribution is -2.11. The van der Waals surface area contributed by atoms with Gasteiger partial charge in [-0.2, -0.15) is 0 Å². The van der Waals surface area contributed by atoms with Crippen LogP contribution in [-0.4, -0.2) is 24.1 Å². The normalized spacial score (nSPS) is 9.68. The Balaban J connectivity index is 2.00. The van der Waals surface area contributed by atoms with Gasteiger partial charge in [0.25, 0.3) is 0 Å². The van der Waals surface area contributed by atoms with E-state index in [0.29, 0.717) is 24.2 Å². The number of aliphatic hydroxyl groups excluding tert-OH is 1. The number of hydrogen-bond acceptors (Lipinski definition) is 3. The molecule has 0 saturated heterocycles. The van der Waals surface area contributed by atoms with E-state index in [4.69, 9.17) is 9.84 Å². The lowest BCUT2D eigenvalue weighted by Gasteiger charge is -2.07. The molecule has 0 heterocycles. The lowest BCUT2D eigenvalue weighted by molar-refractivity contribution is 0.0921. The molecule has 2 rings (SSSR count). The Kier molecular flexibility index (Phi) is 6.22. The Morgan fingerprint density at radius 1 is 1.05 bits per heavy atom. The summed E-state index contributed by atoms with van der Waals surface area (Å²) in [5, 5.41) is 8.74. The zero-order valence-corrected chi connectivity index (χ0v) is 12.3. The molecule has 0 spiro atoms. The molecule has 2 aromatic rings. The van der Waals surface area contributed by atoms with Gasteiger partial charge in [0.2, 0.25) is 0 Å². The molecule has 0 aliphatic rings. The monoisotopic (exact) mass is 294 g/mol. The summed E-state index contributed by atoms with van der Waals surface area (Å²) in [6.45, 7) is 0.123. The predicted molar refractivity (Wildman–Crippen MR) is 85.9 cm³/mol. The van der Waals surface area contributed by atoms with Crippen LogP contribution in [0.25, 0.3) is 0 Å². The van der Waals surface area contributed by atoms with Crippen molar-refractivity contribution >= 4 is 5.78 Å². The second-order valence-electron chi connectivity index (χ2n) is 4.70. The van der Waals surface area contributed by atoms with Gasteiger partial charge in [-0.15, -0.1) is 0 Å². The van der Waals surface area contributed by atoms with Crippen LogP contribution in [0.2, 0.25) is 0 Å². The Morgan fingerprint density at radius 2 is 1.77 bits per heavy atom. The van der Waals surface area contributed by atoms with Crippen molar-refractivity contribution in [3.05, 3.63) is 65.7 Å². The number of ether oxygens (including phenoxy) is 1. The lowest BCUT2D eigenvalue weighted by atomic mass is 10.1. The highest BCUT2D eigenvalue weighted by molar-refractivity contribution is 5.97. The van der Waals surface area contributed by atoms with Gasteiger partial charge in [0.05, 0.1) is 5.56 Å². The van der Waals surface area contributed by atoms with Gasteiger partial charge in [-0.05, 0) is 18.6 Å². The number of hydrogen-bond donors (Lipinski definition) is 1. The van der Waals surface area contributed by atoms with E-state index in [-0.39, 0.29) is 19.0 Å². The number of rotatable bonds is 6. The Morgan fingerprint density at radius 3 is 2.55 bits per heavy atom. The van der Waals surface area contributed by atoms with Crippen LogP contribution in [0, 0.1) is 11.8 Å². The molecule has 0 aromatic heterocycles. The third-order valence-electron chi connectivity index (χ3n) is 3.02. The molecule has 1 N–H and O–H groups in total. The molecule has 0 bridgehead atoms. The standard InChI is InChI=1S/C19H18O3/c20-14-8-2-5-11-17-12-6-7-13-19(17)22-15-18(21)16-9-3-1-4-10-16/h1,3-4,6-7,9-10,12-13,20H,2,8,14-15H2.